The largest absolute Gasteiger partial charge is 0.325 e. The highest BCUT2D eigenvalue weighted by molar-refractivity contribution is 5.28. The quantitative estimate of drug-likeness (QED) is 0.829. The van der Waals surface area contributed by atoms with Gasteiger partial charge in [-0.3, -0.25) is 0 Å². The lowest BCUT2D eigenvalue weighted by Crippen LogP contribution is -2.22. The maximum Gasteiger partial charge on any atom is 0.130 e. The normalized spacial score (nSPS) is 18.5. The van der Waals surface area contributed by atoms with Crippen molar-refractivity contribution in [3.05, 3.63) is 35.4 Å². The Hall–Kier alpha value is -0.890. The summed E-state index contributed by atoms with van der Waals surface area (Å²) in [7, 11) is 0. The molecule has 1 aromatic rings. The second-order valence-electron chi connectivity index (χ2n) is 5.54. The summed E-state index contributed by atoms with van der Waals surface area (Å²) in [6.45, 7) is 3.19. The molecule has 0 amide bonds. The predicted octanol–water partition coefficient (Wildman–Crippen LogP) is 3.32. The third-order valence-corrected chi connectivity index (χ3v) is 3.42. The van der Waals surface area contributed by atoms with E-state index in [2.05, 4.69) is 6.07 Å². The van der Waals surface area contributed by atoms with Gasteiger partial charge in [0, 0.05) is 5.54 Å². The highest BCUT2D eigenvalue weighted by atomic mass is 19.1. The predicted molar refractivity (Wildman–Crippen MR) is 65.0 cm³/mol. The molecule has 1 aliphatic rings. The maximum absolute atomic E-state index is 13.8. The van der Waals surface area contributed by atoms with Crippen LogP contribution in [0.3, 0.4) is 0 Å². The summed E-state index contributed by atoms with van der Waals surface area (Å²) in [5, 5.41) is 0. The van der Waals surface area contributed by atoms with Crippen molar-refractivity contribution in [3.63, 3.8) is 0 Å². The zero-order valence-corrected chi connectivity index (χ0v) is 10.1. The van der Waals surface area contributed by atoms with Crippen molar-refractivity contribution in [2.45, 2.75) is 50.7 Å². The number of benzene rings is 1. The summed E-state index contributed by atoms with van der Waals surface area (Å²) < 4.78 is 13.8. The molecule has 0 bridgehead atoms. The van der Waals surface area contributed by atoms with E-state index in [1.807, 2.05) is 18.2 Å². The molecule has 1 saturated carbocycles. The van der Waals surface area contributed by atoms with Gasteiger partial charge in [0.2, 0.25) is 0 Å². The molecular formula is C14H20FN. The van der Waals surface area contributed by atoms with Crippen LogP contribution in [-0.2, 0) is 12.1 Å². The Labute approximate surface area is 96.9 Å². The van der Waals surface area contributed by atoms with Crippen molar-refractivity contribution < 1.29 is 4.39 Å². The van der Waals surface area contributed by atoms with Crippen molar-refractivity contribution in [2.75, 3.05) is 0 Å². The minimum atomic E-state index is -1.25. The van der Waals surface area contributed by atoms with Crippen molar-refractivity contribution in [1.29, 1.82) is 0 Å². The fourth-order valence-electron chi connectivity index (χ4n) is 1.90. The molecule has 0 unspecified atom stereocenters. The number of nitrogens with two attached hydrogens (primary N) is 1. The van der Waals surface area contributed by atoms with Crippen LogP contribution in [0.4, 0.5) is 4.39 Å². The Morgan fingerprint density at radius 3 is 2.62 bits per heavy atom. The molecule has 0 aliphatic heterocycles. The van der Waals surface area contributed by atoms with Crippen LogP contribution >= 0.6 is 0 Å². The Balaban J connectivity index is 2.04. The molecule has 0 aromatic heterocycles. The zero-order chi connectivity index (χ0) is 11.8. The summed E-state index contributed by atoms with van der Waals surface area (Å²) in [6.07, 6.45) is 4.26. The lowest BCUT2D eigenvalue weighted by Gasteiger charge is -2.16. The third-order valence-electron chi connectivity index (χ3n) is 3.42. The van der Waals surface area contributed by atoms with Crippen LogP contribution < -0.4 is 5.73 Å². The molecule has 0 spiro atoms. The number of rotatable bonds is 4. The second kappa shape index (κ2) is 3.85. The molecule has 1 nitrogen and oxygen atoms in total. The van der Waals surface area contributed by atoms with E-state index in [0.717, 1.165) is 31.2 Å². The smallest absolute Gasteiger partial charge is 0.130 e. The first-order valence-electron chi connectivity index (χ1n) is 5.96. The molecule has 0 atom stereocenters. The van der Waals surface area contributed by atoms with Crippen LogP contribution in [0.15, 0.2) is 24.3 Å². The molecule has 88 valence electrons. The van der Waals surface area contributed by atoms with Crippen LogP contribution in [0.25, 0.3) is 0 Å². The van der Waals surface area contributed by atoms with E-state index >= 15 is 0 Å². The van der Waals surface area contributed by atoms with Gasteiger partial charge in [-0.2, -0.15) is 0 Å². The molecule has 2 N–H and O–H groups in total. The first kappa shape index (κ1) is 11.6. The van der Waals surface area contributed by atoms with E-state index in [0.29, 0.717) is 0 Å². The molecule has 1 fully saturated rings. The van der Waals surface area contributed by atoms with Crippen molar-refractivity contribution >= 4 is 0 Å². The number of hydrogen-bond acceptors (Lipinski definition) is 1. The summed E-state index contributed by atoms with van der Waals surface area (Å²) >= 11 is 0. The summed E-state index contributed by atoms with van der Waals surface area (Å²) in [4.78, 5) is 0. The van der Waals surface area contributed by atoms with Gasteiger partial charge in [0.25, 0.3) is 0 Å². The van der Waals surface area contributed by atoms with E-state index in [4.69, 9.17) is 5.73 Å². The topological polar surface area (TPSA) is 26.0 Å². The first-order valence-corrected chi connectivity index (χ1v) is 5.96. The van der Waals surface area contributed by atoms with Crippen LogP contribution in [0.5, 0.6) is 0 Å². The number of hydrogen-bond donors (Lipinski definition) is 1. The van der Waals surface area contributed by atoms with Crippen molar-refractivity contribution in [1.82, 2.24) is 0 Å². The van der Waals surface area contributed by atoms with Crippen LogP contribution in [0.2, 0.25) is 0 Å². The van der Waals surface area contributed by atoms with Crippen molar-refractivity contribution in [2.24, 2.45) is 5.73 Å². The number of aryl methyl sites for hydroxylation is 1. The Kier molecular flexibility index (Phi) is 2.79. The molecule has 16 heavy (non-hydrogen) atoms. The van der Waals surface area contributed by atoms with E-state index in [1.54, 1.807) is 13.8 Å². The first-order chi connectivity index (χ1) is 7.39. The van der Waals surface area contributed by atoms with Gasteiger partial charge in [-0.05, 0) is 50.7 Å². The highest BCUT2D eigenvalue weighted by Gasteiger charge is 2.37. The molecule has 1 aromatic carbocycles. The van der Waals surface area contributed by atoms with Gasteiger partial charge in [0.15, 0.2) is 0 Å². The Morgan fingerprint density at radius 2 is 2.06 bits per heavy atom. The highest BCUT2D eigenvalue weighted by Crippen LogP contribution is 2.36. The standard InChI is InChI=1S/C14H20FN/c1-13(2,15)12-5-3-4-11(10-12)6-7-14(16)8-9-14/h3-5,10H,6-9,16H2,1-2H3. The van der Waals surface area contributed by atoms with Gasteiger partial charge in [-0.15, -0.1) is 0 Å². The number of halogens is 1. The molecule has 0 radical (unpaired) electrons. The summed E-state index contributed by atoms with van der Waals surface area (Å²) in [5.41, 5.74) is 6.83. The fourth-order valence-corrected chi connectivity index (χ4v) is 1.90. The van der Waals surface area contributed by atoms with Gasteiger partial charge in [-0.25, -0.2) is 4.39 Å². The summed E-state index contributed by atoms with van der Waals surface area (Å²) in [5.74, 6) is 0. The van der Waals surface area contributed by atoms with Gasteiger partial charge in [0.1, 0.15) is 5.67 Å². The lowest BCUT2D eigenvalue weighted by molar-refractivity contribution is 0.221. The molecular weight excluding hydrogens is 201 g/mol. The van der Waals surface area contributed by atoms with Gasteiger partial charge in [0.05, 0.1) is 0 Å². The third kappa shape index (κ3) is 2.82. The van der Waals surface area contributed by atoms with Gasteiger partial charge >= 0.3 is 0 Å². The average molecular weight is 221 g/mol. The molecule has 2 rings (SSSR count). The van der Waals surface area contributed by atoms with E-state index < -0.39 is 5.67 Å². The molecule has 2 heteroatoms. The average Bonchev–Trinajstić information content (AvgIpc) is 2.94. The van der Waals surface area contributed by atoms with E-state index in [9.17, 15) is 4.39 Å². The van der Waals surface area contributed by atoms with Gasteiger partial charge in [-0.1, -0.05) is 24.3 Å². The van der Waals surface area contributed by atoms with Crippen molar-refractivity contribution in [3.8, 4) is 0 Å². The fraction of sp³-hybridized carbons (Fsp3) is 0.571. The lowest BCUT2D eigenvalue weighted by atomic mass is 9.95. The molecule has 0 saturated heterocycles. The summed E-state index contributed by atoms with van der Waals surface area (Å²) in [6, 6.07) is 7.80. The minimum absolute atomic E-state index is 0.0846. The molecule has 1 aliphatic carbocycles. The Bertz CT molecular complexity index is 375. The van der Waals surface area contributed by atoms with E-state index in [-0.39, 0.29) is 5.54 Å². The Morgan fingerprint density at radius 1 is 1.38 bits per heavy atom. The number of alkyl halides is 1. The van der Waals surface area contributed by atoms with E-state index in [1.165, 1.54) is 5.56 Å². The minimum Gasteiger partial charge on any atom is -0.325 e. The second-order valence-corrected chi connectivity index (χ2v) is 5.54. The van der Waals surface area contributed by atoms with Crippen LogP contribution in [0, 0.1) is 0 Å². The SMILES string of the molecule is CC(C)(F)c1cccc(CCC2(N)CC2)c1. The van der Waals surface area contributed by atoms with Crippen LogP contribution in [0.1, 0.15) is 44.2 Å². The zero-order valence-electron chi connectivity index (χ0n) is 10.1. The maximum atomic E-state index is 13.8. The van der Waals surface area contributed by atoms with Gasteiger partial charge < -0.3 is 5.73 Å². The molecule has 0 heterocycles. The van der Waals surface area contributed by atoms with Crippen LogP contribution in [-0.4, -0.2) is 5.54 Å². The monoisotopic (exact) mass is 221 g/mol.